The summed E-state index contributed by atoms with van der Waals surface area (Å²) in [5, 5.41) is 0. The van der Waals surface area contributed by atoms with E-state index in [1.54, 1.807) is 6.92 Å². The van der Waals surface area contributed by atoms with Crippen LogP contribution in [0.2, 0.25) is 0 Å². The van der Waals surface area contributed by atoms with Crippen LogP contribution in [0.4, 0.5) is 0 Å². The Labute approximate surface area is 72.1 Å². The maximum atomic E-state index is 11.0. The highest BCUT2D eigenvalue weighted by atomic mass is 16.5. The third kappa shape index (κ3) is 3.48. The van der Waals surface area contributed by atoms with Crippen LogP contribution in [0.1, 0.15) is 26.7 Å². The summed E-state index contributed by atoms with van der Waals surface area (Å²) in [5.74, 6) is -1.45. The number of nitrogens with two attached hydrogens (primary N) is 1. The highest BCUT2D eigenvalue weighted by molar-refractivity contribution is 6.35. The van der Waals surface area contributed by atoms with E-state index >= 15 is 0 Å². The molecule has 0 rings (SSSR count). The van der Waals surface area contributed by atoms with Crippen molar-refractivity contribution >= 4 is 11.8 Å². The number of carbonyl (C=O) groups excluding carboxylic acids is 2. The standard InChI is InChI=1S/C8H15NO3/c1-3-5-6(9)7(10)8(11)12-4-2/h6H,3-5,9H2,1-2H3/t6-/m0/s1. The minimum atomic E-state index is -0.821. The molecule has 1 atom stereocenters. The van der Waals surface area contributed by atoms with Gasteiger partial charge < -0.3 is 10.5 Å². The van der Waals surface area contributed by atoms with Crippen molar-refractivity contribution in [2.45, 2.75) is 32.7 Å². The molecule has 0 saturated heterocycles. The molecule has 0 saturated carbocycles. The summed E-state index contributed by atoms with van der Waals surface area (Å²) in [6, 6.07) is -0.700. The number of rotatable bonds is 5. The van der Waals surface area contributed by atoms with Crippen molar-refractivity contribution in [2.24, 2.45) is 5.73 Å². The topological polar surface area (TPSA) is 69.4 Å². The van der Waals surface area contributed by atoms with E-state index in [0.717, 1.165) is 6.42 Å². The van der Waals surface area contributed by atoms with Crippen molar-refractivity contribution in [1.82, 2.24) is 0 Å². The molecule has 12 heavy (non-hydrogen) atoms. The van der Waals surface area contributed by atoms with Gasteiger partial charge in [0.25, 0.3) is 5.78 Å². The lowest BCUT2D eigenvalue weighted by Crippen LogP contribution is -2.36. The van der Waals surface area contributed by atoms with Crippen molar-refractivity contribution in [3.8, 4) is 0 Å². The van der Waals surface area contributed by atoms with E-state index in [0.29, 0.717) is 6.42 Å². The fraction of sp³-hybridized carbons (Fsp3) is 0.750. The van der Waals surface area contributed by atoms with Crippen LogP contribution in [0.25, 0.3) is 0 Å². The Bertz CT molecular complexity index is 168. The van der Waals surface area contributed by atoms with Crippen molar-refractivity contribution in [2.75, 3.05) is 6.61 Å². The minimum absolute atomic E-state index is 0.212. The summed E-state index contributed by atoms with van der Waals surface area (Å²) in [4.78, 5) is 21.8. The smallest absolute Gasteiger partial charge is 0.376 e. The summed E-state index contributed by atoms with van der Waals surface area (Å²) in [6.07, 6.45) is 1.31. The molecule has 70 valence electrons. The molecule has 0 amide bonds. The Morgan fingerprint density at radius 2 is 2.00 bits per heavy atom. The zero-order chi connectivity index (χ0) is 9.56. The third-order valence-electron chi connectivity index (χ3n) is 1.41. The van der Waals surface area contributed by atoms with Gasteiger partial charge in [0.2, 0.25) is 0 Å². The molecule has 0 aliphatic carbocycles. The monoisotopic (exact) mass is 173 g/mol. The zero-order valence-electron chi connectivity index (χ0n) is 7.50. The molecule has 0 aromatic carbocycles. The molecule has 0 aliphatic rings. The molecular formula is C8H15NO3. The van der Waals surface area contributed by atoms with Crippen LogP contribution >= 0.6 is 0 Å². The number of esters is 1. The number of hydrogen-bond donors (Lipinski definition) is 1. The summed E-state index contributed by atoms with van der Waals surface area (Å²) in [7, 11) is 0. The van der Waals surface area contributed by atoms with Crippen molar-refractivity contribution in [3.05, 3.63) is 0 Å². The Morgan fingerprint density at radius 1 is 1.42 bits per heavy atom. The molecule has 0 radical (unpaired) electrons. The molecule has 0 heterocycles. The SMILES string of the molecule is CCC[C@H](N)C(=O)C(=O)OCC. The number of ether oxygens (including phenoxy) is 1. The Kier molecular flexibility index (Phi) is 5.28. The molecule has 0 spiro atoms. The van der Waals surface area contributed by atoms with E-state index in [4.69, 9.17) is 5.73 Å². The number of hydrogen-bond acceptors (Lipinski definition) is 4. The lowest BCUT2D eigenvalue weighted by Gasteiger charge is -2.06. The summed E-state index contributed by atoms with van der Waals surface area (Å²) < 4.78 is 4.50. The average Bonchev–Trinajstić information content (AvgIpc) is 2.04. The lowest BCUT2D eigenvalue weighted by atomic mass is 10.1. The molecule has 0 aliphatic heterocycles. The van der Waals surface area contributed by atoms with Gasteiger partial charge in [-0.15, -0.1) is 0 Å². The lowest BCUT2D eigenvalue weighted by molar-refractivity contribution is -0.154. The first-order valence-electron chi connectivity index (χ1n) is 4.10. The van der Waals surface area contributed by atoms with Crippen LogP contribution in [0.3, 0.4) is 0 Å². The zero-order valence-corrected chi connectivity index (χ0v) is 7.50. The fourth-order valence-electron chi connectivity index (χ4n) is 0.796. The predicted molar refractivity (Wildman–Crippen MR) is 44.5 cm³/mol. The average molecular weight is 173 g/mol. The maximum absolute atomic E-state index is 11.0. The highest BCUT2D eigenvalue weighted by Gasteiger charge is 2.21. The first kappa shape index (κ1) is 11.1. The first-order chi connectivity index (χ1) is 5.63. The molecule has 0 unspecified atom stereocenters. The molecule has 0 bridgehead atoms. The second-order valence-electron chi connectivity index (χ2n) is 2.48. The van der Waals surface area contributed by atoms with Gasteiger partial charge in [0.05, 0.1) is 12.6 Å². The van der Waals surface area contributed by atoms with E-state index in [-0.39, 0.29) is 6.61 Å². The number of carbonyl (C=O) groups is 2. The predicted octanol–water partition coefficient (Wildman–Crippen LogP) is 0.246. The quantitative estimate of drug-likeness (QED) is 0.478. The Balaban J connectivity index is 3.91. The molecule has 0 fully saturated rings. The second-order valence-corrected chi connectivity index (χ2v) is 2.48. The molecule has 0 aromatic rings. The summed E-state index contributed by atoms with van der Waals surface area (Å²) in [5.41, 5.74) is 5.41. The van der Waals surface area contributed by atoms with Crippen molar-refractivity contribution in [1.29, 1.82) is 0 Å². The number of Topliss-reactive ketones (excluding diaryl/α,β-unsaturated/α-hetero) is 1. The van der Waals surface area contributed by atoms with Gasteiger partial charge in [-0.1, -0.05) is 13.3 Å². The molecule has 4 heteroatoms. The van der Waals surface area contributed by atoms with E-state index in [9.17, 15) is 9.59 Å². The van der Waals surface area contributed by atoms with Gasteiger partial charge in [0.15, 0.2) is 0 Å². The van der Waals surface area contributed by atoms with Crippen LogP contribution in [0.15, 0.2) is 0 Å². The van der Waals surface area contributed by atoms with Gasteiger partial charge in [-0.2, -0.15) is 0 Å². The van der Waals surface area contributed by atoms with E-state index < -0.39 is 17.8 Å². The third-order valence-corrected chi connectivity index (χ3v) is 1.41. The van der Waals surface area contributed by atoms with Gasteiger partial charge in [-0.05, 0) is 13.3 Å². The summed E-state index contributed by atoms with van der Waals surface area (Å²) >= 11 is 0. The van der Waals surface area contributed by atoms with Crippen molar-refractivity contribution in [3.63, 3.8) is 0 Å². The molecule has 4 nitrogen and oxygen atoms in total. The van der Waals surface area contributed by atoms with Gasteiger partial charge in [0, 0.05) is 0 Å². The largest absolute Gasteiger partial charge is 0.460 e. The van der Waals surface area contributed by atoms with Crippen LogP contribution < -0.4 is 5.73 Å². The fourth-order valence-corrected chi connectivity index (χ4v) is 0.796. The van der Waals surface area contributed by atoms with E-state index in [2.05, 4.69) is 4.74 Å². The van der Waals surface area contributed by atoms with E-state index in [1.807, 2.05) is 6.92 Å². The Hall–Kier alpha value is -0.900. The van der Waals surface area contributed by atoms with Crippen molar-refractivity contribution < 1.29 is 14.3 Å². The Morgan fingerprint density at radius 3 is 2.42 bits per heavy atom. The molecule has 0 aromatic heterocycles. The van der Waals surface area contributed by atoms with Gasteiger partial charge in [-0.3, -0.25) is 4.79 Å². The number of ketones is 1. The molecular weight excluding hydrogens is 158 g/mol. The van der Waals surface area contributed by atoms with Gasteiger partial charge >= 0.3 is 5.97 Å². The minimum Gasteiger partial charge on any atom is -0.460 e. The van der Waals surface area contributed by atoms with Gasteiger partial charge in [0.1, 0.15) is 0 Å². The highest BCUT2D eigenvalue weighted by Crippen LogP contribution is 1.96. The van der Waals surface area contributed by atoms with Crippen LogP contribution in [0.5, 0.6) is 0 Å². The van der Waals surface area contributed by atoms with Gasteiger partial charge in [-0.25, -0.2) is 4.79 Å². The normalized spacial score (nSPS) is 12.2. The maximum Gasteiger partial charge on any atom is 0.376 e. The van der Waals surface area contributed by atoms with Crippen LogP contribution in [-0.2, 0) is 14.3 Å². The first-order valence-corrected chi connectivity index (χ1v) is 4.10. The van der Waals surface area contributed by atoms with Crippen LogP contribution in [-0.4, -0.2) is 24.4 Å². The van der Waals surface area contributed by atoms with Crippen LogP contribution in [0, 0.1) is 0 Å². The van der Waals surface area contributed by atoms with E-state index in [1.165, 1.54) is 0 Å². The molecule has 2 N–H and O–H groups in total. The summed E-state index contributed by atoms with van der Waals surface area (Å²) in [6.45, 7) is 3.76. The second kappa shape index (κ2) is 5.71.